The molecule has 1 saturated heterocycles. The van der Waals surface area contributed by atoms with Crippen molar-refractivity contribution in [1.29, 1.82) is 0 Å². The minimum Gasteiger partial charge on any atom is -0.406 e. The zero-order valence-electron chi connectivity index (χ0n) is 20.2. The molecular weight excluding hydrogens is 507 g/mol. The van der Waals surface area contributed by atoms with Crippen LogP contribution in [0.15, 0.2) is 71.6 Å². The Hall–Kier alpha value is -3.73. The van der Waals surface area contributed by atoms with Gasteiger partial charge in [0.2, 0.25) is 0 Å². The van der Waals surface area contributed by atoms with Crippen molar-refractivity contribution in [2.24, 2.45) is 0 Å². The largest absolute Gasteiger partial charge is 0.573 e. The predicted molar refractivity (Wildman–Crippen MR) is 134 cm³/mol. The number of urea groups is 1. The van der Waals surface area contributed by atoms with Gasteiger partial charge in [0.15, 0.2) is 0 Å². The minimum absolute atomic E-state index is 0.0701. The Labute approximate surface area is 213 Å². The lowest BCUT2D eigenvalue weighted by molar-refractivity contribution is -0.274. The van der Waals surface area contributed by atoms with E-state index in [-0.39, 0.29) is 28.9 Å². The molecule has 0 unspecified atom stereocenters. The van der Waals surface area contributed by atoms with Crippen LogP contribution in [0.25, 0.3) is 0 Å². The zero-order valence-corrected chi connectivity index (χ0v) is 21.1. The first-order valence-corrected chi connectivity index (χ1v) is 13.0. The van der Waals surface area contributed by atoms with E-state index in [1.165, 1.54) is 40.1 Å². The lowest BCUT2D eigenvalue weighted by atomic mass is 10.1. The van der Waals surface area contributed by atoms with Gasteiger partial charge in [-0.15, -0.1) is 13.2 Å². The van der Waals surface area contributed by atoms with E-state index in [9.17, 15) is 26.4 Å². The summed E-state index contributed by atoms with van der Waals surface area (Å²) < 4.78 is 70.5. The number of amides is 2. The second-order valence-corrected chi connectivity index (χ2v) is 10.5. The van der Waals surface area contributed by atoms with Gasteiger partial charge in [-0.1, -0.05) is 35.9 Å². The number of aryl methyl sites for hydroxylation is 2. The molecule has 1 aliphatic rings. The summed E-state index contributed by atoms with van der Waals surface area (Å²) in [5.41, 5.74) is 2.85. The topological polar surface area (TPSA) is 79.0 Å². The quantitative estimate of drug-likeness (QED) is 0.414. The molecule has 196 valence electrons. The highest BCUT2D eigenvalue weighted by Gasteiger charge is 2.32. The number of sulfonamides is 1. The first kappa shape index (κ1) is 26.3. The number of anilines is 2. The molecule has 0 aliphatic carbocycles. The monoisotopic (exact) mass is 533 g/mol. The summed E-state index contributed by atoms with van der Waals surface area (Å²) in [6.07, 6.45) is -4.23. The average Bonchev–Trinajstić information content (AvgIpc) is 2.80. The molecule has 1 aliphatic heterocycles. The van der Waals surface area contributed by atoms with Crippen molar-refractivity contribution in [3.05, 3.63) is 83.4 Å². The van der Waals surface area contributed by atoms with Crippen molar-refractivity contribution in [2.45, 2.75) is 38.1 Å². The fourth-order valence-corrected chi connectivity index (χ4v) is 5.17. The van der Waals surface area contributed by atoms with Crippen LogP contribution in [0.4, 0.5) is 29.3 Å². The minimum atomic E-state index is -4.82. The smallest absolute Gasteiger partial charge is 0.406 e. The van der Waals surface area contributed by atoms with Gasteiger partial charge in [0.25, 0.3) is 10.0 Å². The Morgan fingerprint density at radius 3 is 2.35 bits per heavy atom. The number of rotatable bonds is 7. The van der Waals surface area contributed by atoms with E-state index in [1.807, 2.05) is 13.8 Å². The summed E-state index contributed by atoms with van der Waals surface area (Å²) in [7, 11) is -3.91. The van der Waals surface area contributed by atoms with Gasteiger partial charge in [-0.05, 0) is 67.8 Å². The van der Waals surface area contributed by atoms with Crippen LogP contribution in [0.5, 0.6) is 5.75 Å². The molecule has 11 heteroatoms. The number of benzene rings is 3. The lowest BCUT2D eigenvalue weighted by Crippen LogP contribution is -2.49. The summed E-state index contributed by atoms with van der Waals surface area (Å²) in [5, 5.41) is 0. The highest BCUT2D eigenvalue weighted by atomic mass is 32.2. The first-order valence-electron chi connectivity index (χ1n) is 11.5. The zero-order chi connectivity index (χ0) is 26.8. The summed E-state index contributed by atoms with van der Waals surface area (Å²) in [4.78, 5) is 16.5. The number of nitrogens with one attached hydrogen (secondary N) is 1. The number of halogens is 3. The van der Waals surface area contributed by atoms with Crippen molar-refractivity contribution in [3.8, 4) is 5.75 Å². The summed E-state index contributed by atoms with van der Waals surface area (Å²) in [6, 6.07) is 16.6. The van der Waals surface area contributed by atoms with Gasteiger partial charge in [-0.25, -0.2) is 13.2 Å². The third-order valence-electron chi connectivity index (χ3n) is 5.84. The van der Waals surface area contributed by atoms with Crippen LogP contribution in [0.1, 0.15) is 23.1 Å². The molecule has 0 spiro atoms. The second-order valence-electron chi connectivity index (χ2n) is 8.84. The first-order chi connectivity index (χ1) is 17.4. The number of hydrogen-bond acceptors (Lipinski definition) is 4. The van der Waals surface area contributed by atoms with Gasteiger partial charge in [0, 0.05) is 19.6 Å². The molecule has 0 atom stereocenters. The molecule has 3 aromatic carbocycles. The van der Waals surface area contributed by atoms with Gasteiger partial charge in [0.05, 0.1) is 16.3 Å². The van der Waals surface area contributed by atoms with Crippen LogP contribution in [0.2, 0.25) is 0 Å². The number of hydrogen-bond donors (Lipinski definition) is 1. The third kappa shape index (κ3) is 6.53. The molecule has 1 heterocycles. The van der Waals surface area contributed by atoms with Gasteiger partial charge in [-0.3, -0.25) is 9.62 Å². The summed E-state index contributed by atoms with van der Waals surface area (Å²) >= 11 is 0. The van der Waals surface area contributed by atoms with E-state index in [0.717, 1.165) is 11.1 Å². The van der Waals surface area contributed by atoms with E-state index >= 15 is 0 Å². The normalized spacial score (nSPS) is 14.6. The highest BCUT2D eigenvalue weighted by molar-refractivity contribution is 7.92. The fraction of sp³-hybridized carbons (Fsp3) is 0.269. The Balaban J connectivity index is 1.57. The van der Waals surface area contributed by atoms with Crippen LogP contribution >= 0.6 is 0 Å². The maximum atomic E-state index is 13.4. The number of carbonyl (C=O) groups is 1. The van der Waals surface area contributed by atoms with Crippen molar-refractivity contribution in [3.63, 3.8) is 0 Å². The molecule has 0 radical (unpaired) electrons. The van der Waals surface area contributed by atoms with Crippen LogP contribution in [0.3, 0.4) is 0 Å². The SMILES string of the molecule is Cc1ccc(S(=O)(=O)Nc2cc(C)ccc2N2CCCN(Cc3cccc(OC(F)(F)F)c3)C2=O)cc1. The molecule has 7 nitrogen and oxygen atoms in total. The van der Waals surface area contributed by atoms with Gasteiger partial charge < -0.3 is 9.64 Å². The van der Waals surface area contributed by atoms with E-state index in [0.29, 0.717) is 30.8 Å². The van der Waals surface area contributed by atoms with Gasteiger partial charge in [-0.2, -0.15) is 0 Å². The molecule has 2 amide bonds. The second kappa shape index (κ2) is 10.3. The van der Waals surface area contributed by atoms with Crippen LogP contribution < -0.4 is 14.4 Å². The number of nitrogens with zero attached hydrogens (tertiary/aromatic N) is 2. The average molecular weight is 534 g/mol. The van der Waals surface area contributed by atoms with E-state index in [4.69, 9.17) is 0 Å². The number of alkyl halides is 3. The molecular formula is C26H26F3N3O4S. The Morgan fingerprint density at radius 1 is 0.946 bits per heavy atom. The number of ether oxygens (including phenoxy) is 1. The molecule has 3 aromatic rings. The maximum absolute atomic E-state index is 13.4. The van der Waals surface area contributed by atoms with Crippen molar-refractivity contribution in [2.75, 3.05) is 22.7 Å². The van der Waals surface area contributed by atoms with E-state index in [2.05, 4.69) is 9.46 Å². The molecule has 37 heavy (non-hydrogen) atoms. The summed E-state index contributed by atoms with van der Waals surface area (Å²) in [5.74, 6) is -0.363. The number of carbonyl (C=O) groups excluding carboxylic acids is 1. The Kier molecular flexibility index (Phi) is 7.35. The highest BCUT2D eigenvalue weighted by Crippen LogP contribution is 2.32. The van der Waals surface area contributed by atoms with E-state index in [1.54, 1.807) is 36.4 Å². The molecule has 0 saturated carbocycles. The van der Waals surface area contributed by atoms with Crippen LogP contribution in [-0.4, -0.2) is 38.8 Å². The molecule has 1 fully saturated rings. The third-order valence-corrected chi connectivity index (χ3v) is 7.22. The van der Waals surface area contributed by atoms with Gasteiger partial charge >= 0.3 is 12.4 Å². The molecule has 4 rings (SSSR count). The van der Waals surface area contributed by atoms with E-state index < -0.39 is 16.4 Å². The van der Waals surface area contributed by atoms with Crippen molar-refractivity contribution < 1.29 is 31.1 Å². The fourth-order valence-electron chi connectivity index (χ4n) is 4.10. The van der Waals surface area contributed by atoms with Crippen molar-refractivity contribution in [1.82, 2.24) is 4.90 Å². The Morgan fingerprint density at radius 2 is 1.65 bits per heavy atom. The van der Waals surface area contributed by atoms with Crippen LogP contribution in [-0.2, 0) is 16.6 Å². The van der Waals surface area contributed by atoms with Crippen molar-refractivity contribution >= 4 is 27.4 Å². The lowest BCUT2D eigenvalue weighted by Gasteiger charge is -2.36. The molecule has 1 N–H and O–H groups in total. The van der Waals surface area contributed by atoms with Gasteiger partial charge in [0.1, 0.15) is 5.75 Å². The standard InChI is InChI=1S/C26H26F3N3O4S/c1-18-7-10-22(11-8-18)37(34,35)30-23-15-19(2)9-12-24(23)32-14-4-13-31(25(32)33)17-20-5-3-6-21(16-20)36-26(27,28)29/h3,5-12,15-16,30H,4,13-14,17H2,1-2H3. The maximum Gasteiger partial charge on any atom is 0.573 e. The summed E-state index contributed by atoms with van der Waals surface area (Å²) in [6.45, 7) is 4.50. The predicted octanol–water partition coefficient (Wildman–Crippen LogP) is 5.84. The molecule has 0 aromatic heterocycles. The molecule has 0 bridgehead atoms. The Bertz CT molecular complexity index is 1390. The van der Waals surface area contributed by atoms with Crippen LogP contribution in [0, 0.1) is 13.8 Å².